The van der Waals surface area contributed by atoms with Gasteiger partial charge in [0.15, 0.2) is 5.78 Å². The number of Topliss-reactive ketones (excluding diaryl/α,β-unsaturated/α-hetero) is 1. The van der Waals surface area contributed by atoms with Crippen LogP contribution in [0.15, 0.2) is 12.1 Å². The van der Waals surface area contributed by atoms with Crippen molar-refractivity contribution < 1.29 is 9.53 Å². The summed E-state index contributed by atoms with van der Waals surface area (Å²) in [6.45, 7) is 4.92. The number of ether oxygens (including phenoxy) is 1. The van der Waals surface area contributed by atoms with Gasteiger partial charge >= 0.3 is 0 Å². The Labute approximate surface area is 112 Å². The number of nitrogens with one attached hydrogen (secondary N) is 1. The zero-order valence-electron chi connectivity index (χ0n) is 11.1. The van der Waals surface area contributed by atoms with Crippen LogP contribution in [0.4, 0.5) is 0 Å². The minimum Gasteiger partial charge on any atom is -0.496 e. The molecule has 0 aliphatic carbocycles. The normalized spacial score (nSPS) is 19.6. The molecule has 18 heavy (non-hydrogen) atoms. The first-order chi connectivity index (χ1) is 8.65. The molecule has 1 aromatic rings. The molecular formula is C14H19NO2S. The van der Waals surface area contributed by atoms with Crippen LogP contribution in [-0.4, -0.2) is 37.0 Å². The number of hydrogen-bond acceptors (Lipinski definition) is 4. The highest BCUT2D eigenvalue weighted by atomic mass is 32.2. The third kappa shape index (κ3) is 2.54. The molecule has 1 atom stereocenters. The number of methoxy groups -OCH3 is 1. The van der Waals surface area contributed by atoms with Gasteiger partial charge in [0, 0.05) is 18.1 Å². The Morgan fingerprint density at radius 2 is 2.22 bits per heavy atom. The quantitative estimate of drug-likeness (QED) is 0.850. The summed E-state index contributed by atoms with van der Waals surface area (Å²) in [7, 11) is 1.63. The molecule has 1 aromatic carbocycles. The summed E-state index contributed by atoms with van der Waals surface area (Å²) in [6.07, 6.45) is 0. The monoisotopic (exact) mass is 265 g/mol. The highest BCUT2D eigenvalue weighted by molar-refractivity contribution is 7.99. The van der Waals surface area contributed by atoms with Crippen LogP contribution in [0.1, 0.15) is 21.5 Å². The Kier molecular flexibility index (Phi) is 4.30. The molecule has 0 aromatic heterocycles. The second kappa shape index (κ2) is 5.76. The molecule has 4 heteroatoms. The van der Waals surface area contributed by atoms with Gasteiger partial charge in [0.25, 0.3) is 0 Å². The average molecular weight is 265 g/mol. The van der Waals surface area contributed by atoms with Gasteiger partial charge in [-0.2, -0.15) is 11.8 Å². The molecule has 0 amide bonds. The number of ketones is 1. The van der Waals surface area contributed by atoms with E-state index in [4.69, 9.17) is 4.74 Å². The van der Waals surface area contributed by atoms with E-state index >= 15 is 0 Å². The Bertz CT molecular complexity index is 453. The Balaban J connectivity index is 2.32. The molecule has 3 nitrogen and oxygen atoms in total. The number of benzene rings is 1. The Hall–Kier alpha value is -1.00. The zero-order valence-corrected chi connectivity index (χ0v) is 11.9. The van der Waals surface area contributed by atoms with Gasteiger partial charge in [-0.15, -0.1) is 0 Å². The van der Waals surface area contributed by atoms with Gasteiger partial charge in [-0.05, 0) is 31.0 Å². The number of rotatable bonds is 3. The smallest absolute Gasteiger partial charge is 0.184 e. The maximum atomic E-state index is 12.5. The van der Waals surface area contributed by atoms with Crippen molar-refractivity contribution in [3.05, 3.63) is 28.8 Å². The van der Waals surface area contributed by atoms with Gasteiger partial charge in [-0.3, -0.25) is 4.79 Å². The van der Waals surface area contributed by atoms with Gasteiger partial charge in [0.2, 0.25) is 0 Å². The number of hydrogen-bond donors (Lipinski definition) is 1. The van der Waals surface area contributed by atoms with Gasteiger partial charge in [0.05, 0.1) is 18.7 Å². The average Bonchev–Trinajstić information content (AvgIpc) is 2.42. The maximum Gasteiger partial charge on any atom is 0.184 e. The maximum absolute atomic E-state index is 12.5. The zero-order chi connectivity index (χ0) is 13.1. The van der Waals surface area contributed by atoms with Crippen molar-refractivity contribution in [2.45, 2.75) is 19.9 Å². The molecule has 98 valence electrons. The highest BCUT2D eigenvalue weighted by Gasteiger charge is 2.25. The lowest BCUT2D eigenvalue weighted by atomic mass is 9.98. The van der Waals surface area contributed by atoms with Gasteiger partial charge < -0.3 is 10.1 Å². The van der Waals surface area contributed by atoms with Crippen molar-refractivity contribution in [1.29, 1.82) is 0 Å². The van der Waals surface area contributed by atoms with Crippen LogP contribution >= 0.6 is 11.8 Å². The minimum absolute atomic E-state index is 0.0836. The molecule has 1 fully saturated rings. The first-order valence-corrected chi connectivity index (χ1v) is 7.30. The molecule has 1 heterocycles. The van der Waals surface area contributed by atoms with Crippen LogP contribution in [0, 0.1) is 13.8 Å². The standard InChI is InChI=1S/C14H19NO2S/c1-9-4-5-11(14(17-3)10(9)2)13(16)12-8-18-7-6-15-12/h4-5,12,15H,6-8H2,1-3H3. The predicted molar refractivity (Wildman–Crippen MR) is 75.9 cm³/mol. The fourth-order valence-corrected chi connectivity index (χ4v) is 3.10. The molecule has 1 saturated heterocycles. The lowest BCUT2D eigenvalue weighted by Gasteiger charge is -2.23. The lowest BCUT2D eigenvalue weighted by molar-refractivity contribution is 0.0950. The Morgan fingerprint density at radius 1 is 1.44 bits per heavy atom. The molecule has 1 aliphatic rings. The Morgan fingerprint density at radius 3 is 2.83 bits per heavy atom. The summed E-state index contributed by atoms with van der Waals surface area (Å²) in [6, 6.07) is 3.78. The summed E-state index contributed by atoms with van der Waals surface area (Å²) in [5.41, 5.74) is 2.89. The topological polar surface area (TPSA) is 38.3 Å². The van der Waals surface area contributed by atoms with E-state index in [2.05, 4.69) is 5.32 Å². The molecule has 0 radical (unpaired) electrons. The second-order valence-corrected chi connectivity index (χ2v) is 5.68. The molecule has 1 unspecified atom stereocenters. The van der Waals surface area contributed by atoms with Crippen LogP contribution in [0.5, 0.6) is 5.75 Å². The van der Waals surface area contributed by atoms with E-state index in [1.807, 2.05) is 37.7 Å². The van der Waals surface area contributed by atoms with E-state index in [1.54, 1.807) is 7.11 Å². The molecule has 0 saturated carbocycles. The van der Waals surface area contributed by atoms with Crippen molar-refractivity contribution in [2.75, 3.05) is 25.2 Å². The van der Waals surface area contributed by atoms with Crippen molar-refractivity contribution in [3.8, 4) is 5.75 Å². The molecular weight excluding hydrogens is 246 g/mol. The van der Waals surface area contributed by atoms with Crippen LogP contribution in [0.3, 0.4) is 0 Å². The van der Waals surface area contributed by atoms with Crippen molar-refractivity contribution >= 4 is 17.5 Å². The van der Waals surface area contributed by atoms with E-state index in [-0.39, 0.29) is 11.8 Å². The molecule has 1 N–H and O–H groups in total. The number of aryl methyl sites for hydroxylation is 1. The largest absolute Gasteiger partial charge is 0.496 e. The van der Waals surface area contributed by atoms with Crippen LogP contribution < -0.4 is 10.1 Å². The van der Waals surface area contributed by atoms with Crippen LogP contribution in [-0.2, 0) is 0 Å². The second-order valence-electron chi connectivity index (χ2n) is 4.53. The first-order valence-electron chi connectivity index (χ1n) is 6.14. The summed E-state index contributed by atoms with van der Waals surface area (Å²) < 4.78 is 5.41. The fraction of sp³-hybridized carbons (Fsp3) is 0.500. The van der Waals surface area contributed by atoms with Crippen molar-refractivity contribution in [3.63, 3.8) is 0 Å². The number of carbonyl (C=O) groups excluding carboxylic acids is 1. The molecule has 1 aliphatic heterocycles. The fourth-order valence-electron chi connectivity index (χ4n) is 2.17. The van der Waals surface area contributed by atoms with Gasteiger partial charge in [0.1, 0.15) is 5.75 Å². The first kappa shape index (κ1) is 13.4. The van der Waals surface area contributed by atoms with E-state index in [9.17, 15) is 4.79 Å². The molecule has 0 spiro atoms. The number of thioether (sulfide) groups is 1. The summed E-state index contributed by atoms with van der Waals surface area (Å²) in [4.78, 5) is 12.5. The SMILES string of the molecule is COc1c(C(=O)C2CSCCN2)ccc(C)c1C. The van der Waals surface area contributed by atoms with E-state index < -0.39 is 0 Å². The third-order valence-electron chi connectivity index (χ3n) is 3.38. The lowest BCUT2D eigenvalue weighted by Crippen LogP contribution is -2.43. The summed E-state index contributed by atoms with van der Waals surface area (Å²) in [5, 5.41) is 3.28. The molecule has 2 rings (SSSR count). The number of carbonyl (C=O) groups is 1. The van der Waals surface area contributed by atoms with E-state index in [0.29, 0.717) is 5.56 Å². The van der Waals surface area contributed by atoms with Gasteiger partial charge in [-0.25, -0.2) is 0 Å². The van der Waals surface area contributed by atoms with E-state index in [1.165, 1.54) is 0 Å². The van der Waals surface area contributed by atoms with Crippen LogP contribution in [0.25, 0.3) is 0 Å². The van der Waals surface area contributed by atoms with Gasteiger partial charge in [-0.1, -0.05) is 6.07 Å². The molecule has 0 bridgehead atoms. The van der Waals surface area contributed by atoms with Crippen LogP contribution in [0.2, 0.25) is 0 Å². The van der Waals surface area contributed by atoms with Crippen molar-refractivity contribution in [2.24, 2.45) is 0 Å². The van der Waals surface area contributed by atoms with E-state index in [0.717, 1.165) is 34.9 Å². The predicted octanol–water partition coefficient (Wildman–Crippen LogP) is 2.20. The summed E-state index contributed by atoms with van der Waals surface area (Å²) in [5.74, 6) is 2.78. The third-order valence-corrected chi connectivity index (χ3v) is 4.45. The summed E-state index contributed by atoms with van der Waals surface area (Å²) >= 11 is 1.82. The minimum atomic E-state index is -0.0836. The van der Waals surface area contributed by atoms with Crippen molar-refractivity contribution in [1.82, 2.24) is 5.32 Å². The highest BCUT2D eigenvalue weighted by Crippen LogP contribution is 2.28.